The van der Waals surface area contributed by atoms with Crippen molar-refractivity contribution in [2.75, 3.05) is 20.1 Å². The lowest BCUT2D eigenvalue weighted by atomic mass is 10.1. The summed E-state index contributed by atoms with van der Waals surface area (Å²) in [5, 5.41) is 5.41. The van der Waals surface area contributed by atoms with Crippen molar-refractivity contribution in [3.05, 3.63) is 33.1 Å². The van der Waals surface area contributed by atoms with Gasteiger partial charge < -0.3 is 10.2 Å². The Hall–Kier alpha value is -0.810. The normalized spacial score (nSPS) is 16.3. The van der Waals surface area contributed by atoms with Crippen LogP contribution in [0.15, 0.2) is 18.2 Å². The molecule has 1 amide bonds. The zero-order valence-corrected chi connectivity index (χ0v) is 14.0. The number of fused-ring (bicyclic) bond motifs is 1. The van der Waals surface area contributed by atoms with Crippen molar-refractivity contribution in [2.45, 2.75) is 18.9 Å². The molecule has 2 aromatic rings. The van der Waals surface area contributed by atoms with Gasteiger partial charge >= 0.3 is 0 Å². The number of halogens is 2. The molecule has 1 saturated heterocycles. The number of carbonyl (C=O) groups excluding carboxylic acids is 1. The third-order valence-corrected chi connectivity index (χ3v) is 5.84. The zero-order chi connectivity index (χ0) is 15.0. The summed E-state index contributed by atoms with van der Waals surface area (Å²) in [4.78, 5) is 15.2. The first-order chi connectivity index (χ1) is 10.1. The number of nitrogens with one attached hydrogen (secondary N) is 1. The molecule has 2 heterocycles. The van der Waals surface area contributed by atoms with Crippen molar-refractivity contribution >= 4 is 50.5 Å². The van der Waals surface area contributed by atoms with Crippen LogP contribution in [0.2, 0.25) is 10.0 Å². The lowest BCUT2D eigenvalue weighted by Crippen LogP contribution is -2.43. The highest BCUT2D eigenvalue weighted by Crippen LogP contribution is 2.37. The van der Waals surface area contributed by atoms with Crippen LogP contribution in [0.1, 0.15) is 22.5 Å². The molecule has 0 saturated carbocycles. The van der Waals surface area contributed by atoms with E-state index in [1.807, 2.05) is 24.1 Å². The predicted octanol–water partition coefficient (Wildman–Crippen LogP) is 4.03. The van der Waals surface area contributed by atoms with E-state index in [1.54, 1.807) is 6.07 Å². The second kappa shape index (κ2) is 6.13. The number of benzene rings is 1. The van der Waals surface area contributed by atoms with Crippen molar-refractivity contribution in [1.82, 2.24) is 10.2 Å². The van der Waals surface area contributed by atoms with Gasteiger partial charge in [-0.15, -0.1) is 11.3 Å². The van der Waals surface area contributed by atoms with Gasteiger partial charge in [-0.1, -0.05) is 29.3 Å². The highest BCUT2D eigenvalue weighted by Gasteiger charge is 2.26. The van der Waals surface area contributed by atoms with Crippen LogP contribution in [-0.4, -0.2) is 37.0 Å². The number of piperidine rings is 1. The minimum absolute atomic E-state index is 0.00391. The van der Waals surface area contributed by atoms with Crippen LogP contribution in [0.25, 0.3) is 10.1 Å². The molecule has 0 spiro atoms. The Labute approximate surface area is 137 Å². The van der Waals surface area contributed by atoms with Gasteiger partial charge in [0.05, 0.1) is 5.02 Å². The Morgan fingerprint density at radius 2 is 2.05 bits per heavy atom. The van der Waals surface area contributed by atoms with Gasteiger partial charge in [0.25, 0.3) is 5.91 Å². The van der Waals surface area contributed by atoms with Crippen molar-refractivity contribution in [3.63, 3.8) is 0 Å². The second-order valence-electron chi connectivity index (χ2n) is 5.28. The molecule has 0 unspecified atom stereocenters. The van der Waals surface area contributed by atoms with Gasteiger partial charge in [-0.2, -0.15) is 0 Å². The minimum atomic E-state index is 0.00391. The summed E-state index contributed by atoms with van der Waals surface area (Å²) in [6.45, 7) is 1.91. The first-order valence-electron chi connectivity index (χ1n) is 6.93. The molecule has 1 aliphatic heterocycles. The summed E-state index contributed by atoms with van der Waals surface area (Å²) < 4.78 is 0.953. The summed E-state index contributed by atoms with van der Waals surface area (Å²) >= 11 is 13.8. The number of carbonyl (C=O) groups is 1. The molecule has 1 aliphatic rings. The number of hydrogen-bond donors (Lipinski definition) is 1. The smallest absolute Gasteiger partial charge is 0.265 e. The fourth-order valence-corrected chi connectivity index (χ4v) is 4.47. The lowest BCUT2D eigenvalue weighted by molar-refractivity contribution is 0.0708. The number of thiophene rings is 1. The SMILES string of the molecule is CN(C(=O)c1sc2cc(Cl)ccc2c1Cl)C1CCNCC1. The highest BCUT2D eigenvalue weighted by molar-refractivity contribution is 7.21. The minimum Gasteiger partial charge on any atom is -0.338 e. The largest absolute Gasteiger partial charge is 0.338 e. The van der Waals surface area contributed by atoms with Gasteiger partial charge in [0.15, 0.2) is 0 Å². The fraction of sp³-hybridized carbons (Fsp3) is 0.400. The van der Waals surface area contributed by atoms with Gasteiger partial charge in [-0.05, 0) is 38.1 Å². The average molecular weight is 343 g/mol. The van der Waals surface area contributed by atoms with Crippen molar-refractivity contribution in [3.8, 4) is 0 Å². The number of amides is 1. The maximum atomic E-state index is 12.7. The Bertz CT molecular complexity index is 680. The molecular weight excluding hydrogens is 327 g/mol. The molecule has 3 nitrogen and oxygen atoms in total. The standard InChI is InChI=1S/C15H16Cl2N2OS/c1-19(10-4-6-18-7-5-10)15(20)14-13(17)11-3-2-9(16)8-12(11)21-14/h2-3,8,10,18H,4-7H2,1H3. The zero-order valence-electron chi connectivity index (χ0n) is 11.7. The Morgan fingerprint density at radius 3 is 2.76 bits per heavy atom. The van der Waals surface area contributed by atoms with Crippen LogP contribution in [0.5, 0.6) is 0 Å². The molecule has 1 N–H and O–H groups in total. The van der Waals surface area contributed by atoms with Crippen molar-refractivity contribution in [2.24, 2.45) is 0 Å². The van der Waals surface area contributed by atoms with E-state index in [4.69, 9.17) is 23.2 Å². The van der Waals surface area contributed by atoms with E-state index in [9.17, 15) is 4.79 Å². The maximum absolute atomic E-state index is 12.7. The Balaban J connectivity index is 1.91. The molecule has 112 valence electrons. The lowest BCUT2D eigenvalue weighted by Gasteiger charge is -2.31. The highest BCUT2D eigenvalue weighted by atomic mass is 35.5. The third-order valence-electron chi connectivity index (χ3n) is 3.96. The van der Waals surface area contributed by atoms with E-state index in [0.29, 0.717) is 14.9 Å². The molecular formula is C15H16Cl2N2OS. The molecule has 1 aromatic heterocycles. The van der Waals surface area contributed by atoms with Gasteiger partial charge in [0, 0.05) is 28.2 Å². The first kappa shape index (κ1) is 15.1. The Kier molecular flexibility index (Phi) is 4.41. The van der Waals surface area contributed by atoms with Crippen molar-refractivity contribution < 1.29 is 4.79 Å². The van der Waals surface area contributed by atoms with E-state index < -0.39 is 0 Å². The molecule has 0 bridgehead atoms. The van der Waals surface area contributed by atoms with Crippen LogP contribution in [-0.2, 0) is 0 Å². The topological polar surface area (TPSA) is 32.3 Å². The molecule has 1 aromatic carbocycles. The van der Waals surface area contributed by atoms with E-state index in [0.717, 1.165) is 36.0 Å². The third kappa shape index (κ3) is 2.90. The van der Waals surface area contributed by atoms with Crippen molar-refractivity contribution in [1.29, 1.82) is 0 Å². The fourth-order valence-electron chi connectivity index (χ4n) is 2.70. The Morgan fingerprint density at radius 1 is 1.33 bits per heavy atom. The second-order valence-corrected chi connectivity index (χ2v) is 7.15. The van der Waals surface area contributed by atoms with Crippen LogP contribution in [0, 0.1) is 0 Å². The monoisotopic (exact) mass is 342 g/mol. The maximum Gasteiger partial charge on any atom is 0.265 e. The first-order valence-corrected chi connectivity index (χ1v) is 8.50. The molecule has 6 heteroatoms. The summed E-state index contributed by atoms with van der Waals surface area (Å²) in [5.41, 5.74) is 0. The molecule has 1 fully saturated rings. The van der Waals surface area contributed by atoms with E-state index in [2.05, 4.69) is 5.32 Å². The van der Waals surface area contributed by atoms with Crippen LogP contribution < -0.4 is 5.32 Å². The number of rotatable bonds is 2. The molecule has 3 rings (SSSR count). The van der Waals surface area contributed by atoms with E-state index in [-0.39, 0.29) is 11.9 Å². The number of hydrogen-bond acceptors (Lipinski definition) is 3. The summed E-state index contributed by atoms with van der Waals surface area (Å²) in [5.74, 6) is 0.00391. The van der Waals surface area contributed by atoms with Crippen LogP contribution in [0.3, 0.4) is 0 Å². The molecule has 0 atom stereocenters. The van der Waals surface area contributed by atoms with E-state index >= 15 is 0 Å². The van der Waals surface area contributed by atoms with Crippen LogP contribution >= 0.6 is 34.5 Å². The number of nitrogens with zero attached hydrogens (tertiary/aromatic N) is 1. The van der Waals surface area contributed by atoms with E-state index in [1.165, 1.54) is 11.3 Å². The predicted molar refractivity (Wildman–Crippen MR) is 89.8 cm³/mol. The summed E-state index contributed by atoms with van der Waals surface area (Å²) in [6.07, 6.45) is 1.97. The van der Waals surface area contributed by atoms with Gasteiger partial charge in [0.1, 0.15) is 4.88 Å². The molecule has 0 aliphatic carbocycles. The molecule has 21 heavy (non-hydrogen) atoms. The average Bonchev–Trinajstić information content (AvgIpc) is 2.83. The van der Waals surface area contributed by atoms with Gasteiger partial charge in [-0.3, -0.25) is 4.79 Å². The molecule has 0 radical (unpaired) electrons. The summed E-state index contributed by atoms with van der Waals surface area (Å²) in [7, 11) is 1.87. The summed E-state index contributed by atoms with van der Waals surface area (Å²) in [6, 6.07) is 5.81. The van der Waals surface area contributed by atoms with Crippen LogP contribution in [0.4, 0.5) is 0 Å². The van der Waals surface area contributed by atoms with Gasteiger partial charge in [-0.25, -0.2) is 0 Å². The van der Waals surface area contributed by atoms with Gasteiger partial charge in [0.2, 0.25) is 0 Å². The quantitative estimate of drug-likeness (QED) is 0.893.